The fourth-order valence-corrected chi connectivity index (χ4v) is 3.41. The van der Waals surface area contributed by atoms with Crippen molar-refractivity contribution in [1.82, 2.24) is 10.3 Å². The standard InChI is InChI=1S/C26H22FN3O2/c1-2-25(31)29-20-12-10-18(11-13-20)24-15-22(21-8-3-4-9-23(21)30-24)26(32)28-16-17-6-5-7-19(27)14-17/h3-15H,2,16H2,1H3,(H,28,32)(H,29,31). The molecular formula is C26H22FN3O2. The fourth-order valence-electron chi connectivity index (χ4n) is 3.41. The number of rotatable bonds is 6. The lowest BCUT2D eigenvalue weighted by Gasteiger charge is -2.11. The lowest BCUT2D eigenvalue weighted by atomic mass is 10.0. The molecule has 0 aliphatic rings. The predicted octanol–water partition coefficient (Wildman–Crippen LogP) is 5.32. The number of hydrogen-bond donors (Lipinski definition) is 2. The number of para-hydroxylation sites is 1. The van der Waals surface area contributed by atoms with Crippen molar-refractivity contribution in [3.8, 4) is 11.3 Å². The smallest absolute Gasteiger partial charge is 0.252 e. The number of carbonyl (C=O) groups excluding carboxylic acids is 2. The molecule has 4 aromatic rings. The van der Waals surface area contributed by atoms with Gasteiger partial charge in [-0.25, -0.2) is 9.37 Å². The van der Waals surface area contributed by atoms with Crippen LogP contribution in [0.3, 0.4) is 0 Å². The third kappa shape index (κ3) is 4.81. The summed E-state index contributed by atoms with van der Waals surface area (Å²) < 4.78 is 13.4. The van der Waals surface area contributed by atoms with Crippen molar-refractivity contribution in [3.63, 3.8) is 0 Å². The van der Waals surface area contributed by atoms with Crippen molar-refractivity contribution in [2.45, 2.75) is 19.9 Å². The Labute approximate surface area is 185 Å². The summed E-state index contributed by atoms with van der Waals surface area (Å²) in [5.41, 5.74) is 4.04. The van der Waals surface area contributed by atoms with Gasteiger partial charge in [-0.2, -0.15) is 0 Å². The minimum atomic E-state index is -0.341. The normalized spacial score (nSPS) is 10.7. The third-order valence-corrected chi connectivity index (χ3v) is 5.09. The van der Waals surface area contributed by atoms with E-state index in [2.05, 4.69) is 10.6 Å². The van der Waals surface area contributed by atoms with Gasteiger partial charge in [-0.05, 0) is 42.0 Å². The Balaban J connectivity index is 1.64. The van der Waals surface area contributed by atoms with E-state index in [9.17, 15) is 14.0 Å². The van der Waals surface area contributed by atoms with Gasteiger partial charge >= 0.3 is 0 Å². The van der Waals surface area contributed by atoms with Crippen LogP contribution in [-0.2, 0) is 11.3 Å². The molecule has 1 aromatic heterocycles. The largest absolute Gasteiger partial charge is 0.348 e. The van der Waals surface area contributed by atoms with Crippen LogP contribution in [0.1, 0.15) is 29.3 Å². The number of fused-ring (bicyclic) bond motifs is 1. The molecule has 0 atom stereocenters. The number of amides is 2. The molecule has 5 nitrogen and oxygen atoms in total. The minimum absolute atomic E-state index is 0.0566. The van der Waals surface area contributed by atoms with Crippen LogP contribution in [-0.4, -0.2) is 16.8 Å². The van der Waals surface area contributed by atoms with E-state index in [1.165, 1.54) is 12.1 Å². The Morgan fingerprint density at radius 2 is 1.72 bits per heavy atom. The van der Waals surface area contributed by atoms with Gasteiger partial charge in [0.15, 0.2) is 0 Å². The monoisotopic (exact) mass is 427 g/mol. The van der Waals surface area contributed by atoms with Gasteiger partial charge in [0.1, 0.15) is 5.82 Å². The van der Waals surface area contributed by atoms with Gasteiger partial charge in [-0.15, -0.1) is 0 Å². The average molecular weight is 427 g/mol. The molecule has 0 spiro atoms. The summed E-state index contributed by atoms with van der Waals surface area (Å²) in [4.78, 5) is 29.3. The second-order valence-corrected chi connectivity index (χ2v) is 7.36. The number of halogens is 1. The van der Waals surface area contributed by atoms with Crippen molar-refractivity contribution in [2.24, 2.45) is 0 Å². The van der Waals surface area contributed by atoms with Crippen molar-refractivity contribution >= 4 is 28.4 Å². The van der Waals surface area contributed by atoms with Crippen LogP contribution in [0.4, 0.5) is 10.1 Å². The first kappa shape index (κ1) is 21.2. The van der Waals surface area contributed by atoms with Crippen molar-refractivity contribution in [3.05, 3.63) is 95.8 Å². The van der Waals surface area contributed by atoms with Gasteiger partial charge < -0.3 is 10.6 Å². The Hall–Kier alpha value is -4.06. The molecule has 2 amide bonds. The van der Waals surface area contributed by atoms with Crippen molar-refractivity contribution < 1.29 is 14.0 Å². The molecule has 0 saturated carbocycles. The minimum Gasteiger partial charge on any atom is -0.348 e. The molecule has 160 valence electrons. The molecule has 4 rings (SSSR count). The molecular weight excluding hydrogens is 405 g/mol. The quantitative estimate of drug-likeness (QED) is 0.438. The third-order valence-electron chi connectivity index (χ3n) is 5.09. The molecule has 6 heteroatoms. The Morgan fingerprint density at radius 3 is 2.47 bits per heavy atom. The molecule has 0 bridgehead atoms. The fraction of sp³-hybridized carbons (Fsp3) is 0.115. The molecule has 0 unspecified atom stereocenters. The number of nitrogens with zero attached hydrogens (tertiary/aromatic N) is 1. The van der Waals surface area contributed by atoms with E-state index in [0.29, 0.717) is 34.4 Å². The van der Waals surface area contributed by atoms with E-state index in [0.717, 1.165) is 10.9 Å². The highest BCUT2D eigenvalue weighted by molar-refractivity contribution is 6.07. The summed E-state index contributed by atoms with van der Waals surface area (Å²) >= 11 is 0. The SMILES string of the molecule is CCC(=O)Nc1ccc(-c2cc(C(=O)NCc3cccc(F)c3)c3ccccc3n2)cc1. The summed E-state index contributed by atoms with van der Waals surface area (Å²) in [5, 5.41) is 6.42. The van der Waals surface area contributed by atoms with Crippen molar-refractivity contribution in [2.75, 3.05) is 5.32 Å². The second-order valence-electron chi connectivity index (χ2n) is 7.36. The number of hydrogen-bond acceptors (Lipinski definition) is 3. The second kappa shape index (κ2) is 9.39. The van der Waals surface area contributed by atoms with Gasteiger partial charge in [0, 0.05) is 29.6 Å². The van der Waals surface area contributed by atoms with Crippen LogP contribution >= 0.6 is 0 Å². The van der Waals surface area contributed by atoms with E-state index >= 15 is 0 Å². The van der Waals surface area contributed by atoms with Gasteiger partial charge in [0.2, 0.25) is 5.91 Å². The maximum absolute atomic E-state index is 13.4. The Bertz CT molecular complexity index is 1290. The summed E-state index contributed by atoms with van der Waals surface area (Å²) in [7, 11) is 0. The number of benzene rings is 3. The van der Waals surface area contributed by atoms with Gasteiger partial charge in [-0.1, -0.05) is 49.4 Å². The molecule has 0 fully saturated rings. The number of nitrogens with one attached hydrogen (secondary N) is 2. The number of pyridine rings is 1. The van der Waals surface area contributed by atoms with E-state index in [1.807, 2.05) is 48.5 Å². The summed E-state index contributed by atoms with van der Waals surface area (Å²) in [5.74, 6) is -0.660. The van der Waals surface area contributed by atoms with E-state index in [4.69, 9.17) is 4.98 Å². The highest BCUT2D eigenvalue weighted by atomic mass is 19.1. The van der Waals surface area contributed by atoms with Gasteiger partial charge in [-0.3, -0.25) is 9.59 Å². The highest BCUT2D eigenvalue weighted by Crippen LogP contribution is 2.26. The number of anilines is 1. The predicted molar refractivity (Wildman–Crippen MR) is 124 cm³/mol. The maximum atomic E-state index is 13.4. The zero-order valence-corrected chi connectivity index (χ0v) is 17.6. The van der Waals surface area contributed by atoms with Crippen LogP contribution in [0.15, 0.2) is 78.9 Å². The molecule has 1 heterocycles. The molecule has 3 aromatic carbocycles. The van der Waals surface area contributed by atoms with Crippen molar-refractivity contribution in [1.29, 1.82) is 0 Å². The van der Waals surface area contributed by atoms with E-state index in [-0.39, 0.29) is 24.2 Å². The molecule has 0 aliphatic heterocycles. The lowest BCUT2D eigenvalue weighted by molar-refractivity contribution is -0.115. The summed E-state index contributed by atoms with van der Waals surface area (Å²) in [6.07, 6.45) is 0.405. The zero-order chi connectivity index (χ0) is 22.5. The van der Waals surface area contributed by atoms with Crippen LogP contribution < -0.4 is 10.6 Å². The summed E-state index contributed by atoms with van der Waals surface area (Å²) in [6, 6.07) is 22.7. The first-order chi connectivity index (χ1) is 15.5. The Morgan fingerprint density at radius 1 is 0.938 bits per heavy atom. The maximum Gasteiger partial charge on any atom is 0.252 e. The highest BCUT2D eigenvalue weighted by Gasteiger charge is 2.14. The number of aromatic nitrogens is 1. The zero-order valence-electron chi connectivity index (χ0n) is 17.6. The molecule has 32 heavy (non-hydrogen) atoms. The average Bonchev–Trinajstić information content (AvgIpc) is 2.82. The van der Waals surface area contributed by atoms with Crippen LogP contribution in [0, 0.1) is 5.82 Å². The topological polar surface area (TPSA) is 71.1 Å². The summed E-state index contributed by atoms with van der Waals surface area (Å²) in [6.45, 7) is 2.01. The van der Waals surface area contributed by atoms with E-state index in [1.54, 1.807) is 25.1 Å². The first-order valence-electron chi connectivity index (χ1n) is 10.4. The van der Waals surface area contributed by atoms with Gasteiger partial charge in [0.25, 0.3) is 5.91 Å². The lowest BCUT2D eigenvalue weighted by Crippen LogP contribution is -2.23. The molecule has 2 N–H and O–H groups in total. The van der Waals surface area contributed by atoms with Crippen LogP contribution in [0.25, 0.3) is 22.2 Å². The first-order valence-corrected chi connectivity index (χ1v) is 10.4. The molecule has 0 aliphatic carbocycles. The van der Waals surface area contributed by atoms with Gasteiger partial charge in [0.05, 0.1) is 16.8 Å². The van der Waals surface area contributed by atoms with E-state index < -0.39 is 0 Å². The Kier molecular flexibility index (Phi) is 6.22. The van der Waals surface area contributed by atoms with Crippen LogP contribution in [0.2, 0.25) is 0 Å². The number of carbonyl (C=O) groups is 2. The molecule has 0 radical (unpaired) electrons. The molecule has 0 saturated heterocycles. The van der Waals surface area contributed by atoms with Crippen LogP contribution in [0.5, 0.6) is 0 Å².